The third-order valence-corrected chi connectivity index (χ3v) is 5.32. The van der Waals surface area contributed by atoms with Crippen molar-refractivity contribution in [2.75, 3.05) is 0 Å². The summed E-state index contributed by atoms with van der Waals surface area (Å²) in [6.45, 7) is 0. The second-order valence-electron chi connectivity index (χ2n) is 7.45. The zero-order valence-corrected chi connectivity index (χ0v) is 15.9. The van der Waals surface area contributed by atoms with Gasteiger partial charge in [0.2, 0.25) is 0 Å². The maximum atomic E-state index is 10.5. The lowest BCUT2D eigenvalue weighted by Gasteiger charge is -2.18. The maximum Gasteiger partial charge on any atom is 0.303 e. The molecule has 1 saturated carbocycles. The minimum absolute atomic E-state index is 0.0834. The Labute approximate surface area is 162 Å². The van der Waals surface area contributed by atoms with Gasteiger partial charge < -0.3 is 15.3 Å². The first kappa shape index (κ1) is 21.4. The standard InChI is InChI=1S/C23H32O4/c24-20(14-12-18-8-4-3-5-9-18)15-16-21-19(13-17-22(21)25)10-6-1-2-7-11-23(26)27/h1,3-6,8-9,15-16,19-22,24-25H,2,7,10-14,17H2,(H,26,27)/b6-1-,16-15+/t19-,20?,21?,22+/m0/s1. The summed E-state index contributed by atoms with van der Waals surface area (Å²) >= 11 is 0. The van der Waals surface area contributed by atoms with Gasteiger partial charge in [0.1, 0.15) is 0 Å². The van der Waals surface area contributed by atoms with E-state index in [9.17, 15) is 15.0 Å². The number of rotatable bonds is 11. The molecule has 3 N–H and O–H groups in total. The van der Waals surface area contributed by atoms with E-state index in [1.165, 1.54) is 5.56 Å². The lowest BCUT2D eigenvalue weighted by molar-refractivity contribution is -0.137. The van der Waals surface area contributed by atoms with Crippen LogP contribution < -0.4 is 0 Å². The Balaban J connectivity index is 1.75. The highest BCUT2D eigenvalue weighted by Crippen LogP contribution is 2.36. The second kappa shape index (κ2) is 11.7. The fourth-order valence-electron chi connectivity index (χ4n) is 3.72. The van der Waals surface area contributed by atoms with Crippen molar-refractivity contribution in [1.82, 2.24) is 0 Å². The molecule has 0 spiro atoms. The van der Waals surface area contributed by atoms with Gasteiger partial charge in [-0.2, -0.15) is 0 Å². The van der Waals surface area contributed by atoms with Crippen LogP contribution in [0.15, 0.2) is 54.6 Å². The fourth-order valence-corrected chi connectivity index (χ4v) is 3.72. The highest BCUT2D eigenvalue weighted by atomic mass is 16.4. The molecule has 0 heterocycles. The largest absolute Gasteiger partial charge is 0.481 e. The number of aliphatic carboxylic acids is 1. The van der Waals surface area contributed by atoms with Crippen molar-refractivity contribution in [3.05, 3.63) is 60.2 Å². The number of carbonyl (C=O) groups is 1. The van der Waals surface area contributed by atoms with Crippen LogP contribution in [0.1, 0.15) is 50.5 Å². The summed E-state index contributed by atoms with van der Waals surface area (Å²) in [4.78, 5) is 10.5. The zero-order valence-electron chi connectivity index (χ0n) is 15.9. The van der Waals surface area contributed by atoms with Gasteiger partial charge in [0.05, 0.1) is 12.2 Å². The molecule has 1 fully saturated rings. The molecule has 0 bridgehead atoms. The van der Waals surface area contributed by atoms with Gasteiger partial charge >= 0.3 is 5.97 Å². The van der Waals surface area contributed by atoms with E-state index in [2.05, 4.69) is 18.2 Å². The quantitative estimate of drug-likeness (QED) is 0.403. The summed E-state index contributed by atoms with van der Waals surface area (Å²) in [5.74, 6) is -0.285. The molecule has 148 valence electrons. The number of aryl methyl sites for hydroxylation is 1. The minimum Gasteiger partial charge on any atom is -0.481 e. The average molecular weight is 373 g/mol. The van der Waals surface area contributed by atoms with Crippen molar-refractivity contribution < 1.29 is 20.1 Å². The monoisotopic (exact) mass is 372 g/mol. The molecular weight excluding hydrogens is 340 g/mol. The normalized spacial score (nSPS) is 24.0. The topological polar surface area (TPSA) is 77.8 Å². The van der Waals surface area contributed by atoms with Gasteiger partial charge in [-0.1, -0.05) is 54.6 Å². The predicted molar refractivity (Wildman–Crippen MR) is 107 cm³/mol. The minimum atomic E-state index is -0.752. The highest BCUT2D eigenvalue weighted by Gasteiger charge is 2.32. The number of aliphatic hydroxyl groups is 2. The number of benzene rings is 1. The van der Waals surface area contributed by atoms with Gasteiger partial charge in [-0.25, -0.2) is 0 Å². The highest BCUT2D eigenvalue weighted by molar-refractivity contribution is 5.66. The van der Waals surface area contributed by atoms with Crippen LogP contribution >= 0.6 is 0 Å². The van der Waals surface area contributed by atoms with Crippen LogP contribution in [0.4, 0.5) is 0 Å². The van der Waals surface area contributed by atoms with Crippen LogP contribution in [0.2, 0.25) is 0 Å². The fraction of sp³-hybridized carbons (Fsp3) is 0.522. The summed E-state index contributed by atoms with van der Waals surface area (Å²) in [7, 11) is 0. The second-order valence-corrected chi connectivity index (χ2v) is 7.45. The van der Waals surface area contributed by atoms with Crippen LogP contribution in [-0.4, -0.2) is 33.5 Å². The van der Waals surface area contributed by atoms with Crippen molar-refractivity contribution in [3.63, 3.8) is 0 Å². The average Bonchev–Trinajstić information content (AvgIpc) is 3.01. The molecule has 1 aromatic carbocycles. The lowest BCUT2D eigenvalue weighted by Crippen LogP contribution is -2.17. The molecule has 27 heavy (non-hydrogen) atoms. The molecule has 1 aliphatic rings. The van der Waals surface area contributed by atoms with E-state index in [4.69, 9.17) is 5.11 Å². The number of allylic oxidation sites excluding steroid dienone is 2. The van der Waals surface area contributed by atoms with Crippen molar-refractivity contribution in [3.8, 4) is 0 Å². The third-order valence-electron chi connectivity index (χ3n) is 5.32. The Kier molecular flexibility index (Phi) is 9.29. The van der Waals surface area contributed by atoms with E-state index >= 15 is 0 Å². The number of carboxylic acids is 1. The molecule has 1 aliphatic carbocycles. The summed E-state index contributed by atoms with van der Waals surface area (Å²) in [6.07, 6.45) is 13.0. The number of hydrogen-bond acceptors (Lipinski definition) is 3. The van der Waals surface area contributed by atoms with Crippen LogP contribution in [0, 0.1) is 11.8 Å². The lowest BCUT2D eigenvalue weighted by atomic mass is 9.90. The van der Waals surface area contributed by atoms with Gasteiger partial charge in [0.25, 0.3) is 0 Å². The van der Waals surface area contributed by atoms with Crippen molar-refractivity contribution in [2.45, 2.75) is 63.6 Å². The summed E-state index contributed by atoms with van der Waals surface area (Å²) in [5.41, 5.74) is 1.22. The van der Waals surface area contributed by atoms with E-state index in [1.807, 2.05) is 36.4 Å². The zero-order chi connectivity index (χ0) is 19.5. The Hall–Kier alpha value is -1.91. The van der Waals surface area contributed by atoms with Crippen LogP contribution in [0.3, 0.4) is 0 Å². The molecule has 4 heteroatoms. The molecule has 0 radical (unpaired) electrons. The predicted octanol–water partition coefficient (Wildman–Crippen LogP) is 4.12. The Morgan fingerprint density at radius 2 is 1.96 bits per heavy atom. The molecule has 4 atom stereocenters. The molecule has 2 unspecified atom stereocenters. The number of carboxylic acid groups (broad SMARTS) is 1. The smallest absolute Gasteiger partial charge is 0.303 e. The summed E-state index contributed by atoms with van der Waals surface area (Å²) in [5, 5.41) is 29.1. The summed E-state index contributed by atoms with van der Waals surface area (Å²) < 4.78 is 0. The molecule has 1 aromatic rings. The molecule has 0 amide bonds. The molecule has 0 aromatic heterocycles. The Morgan fingerprint density at radius 3 is 2.70 bits per heavy atom. The van der Waals surface area contributed by atoms with Gasteiger partial charge in [-0.3, -0.25) is 4.79 Å². The molecule has 0 aliphatic heterocycles. The Bertz CT molecular complexity index is 608. The third kappa shape index (κ3) is 8.10. The van der Waals surface area contributed by atoms with Gasteiger partial charge in [-0.05, 0) is 56.4 Å². The van der Waals surface area contributed by atoms with Crippen LogP contribution in [0.5, 0.6) is 0 Å². The van der Waals surface area contributed by atoms with E-state index in [1.54, 1.807) is 0 Å². The van der Waals surface area contributed by atoms with E-state index in [0.29, 0.717) is 18.8 Å². The molecule has 4 nitrogen and oxygen atoms in total. The van der Waals surface area contributed by atoms with Crippen LogP contribution in [0.25, 0.3) is 0 Å². The van der Waals surface area contributed by atoms with E-state index in [-0.39, 0.29) is 18.4 Å². The summed E-state index contributed by atoms with van der Waals surface area (Å²) in [6, 6.07) is 10.1. The van der Waals surface area contributed by atoms with Gasteiger partial charge in [-0.15, -0.1) is 0 Å². The van der Waals surface area contributed by atoms with Crippen molar-refractivity contribution >= 4 is 5.97 Å². The van der Waals surface area contributed by atoms with Crippen LogP contribution in [-0.2, 0) is 11.2 Å². The number of aliphatic hydroxyl groups excluding tert-OH is 2. The maximum absolute atomic E-state index is 10.5. The Morgan fingerprint density at radius 1 is 1.19 bits per heavy atom. The molecular formula is C23H32O4. The SMILES string of the molecule is O=C(O)CCC/C=C\C[C@H]1CC[C@@H](O)C1/C=C/C(O)CCc1ccccc1. The molecule has 2 rings (SSSR count). The van der Waals surface area contributed by atoms with Gasteiger partial charge in [0, 0.05) is 12.3 Å². The van der Waals surface area contributed by atoms with Crippen molar-refractivity contribution in [1.29, 1.82) is 0 Å². The van der Waals surface area contributed by atoms with Crippen molar-refractivity contribution in [2.24, 2.45) is 11.8 Å². The van der Waals surface area contributed by atoms with Gasteiger partial charge in [0.15, 0.2) is 0 Å². The number of hydrogen-bond donors (Lipinski definition) is 3. The number of unbranched alkanes of at least 4 members (excludes halogenated alkanes) is 1. The first-order chi connectivity index (χ1) is 13.1. The van der Waals surface area contributed by atoms with E-state index < -0.39 is 12.1 Å². The first-order valence-electron chi connectivity index (χ1n) is 10.0. The van der Waals surface area contributed by atoms with E-state index in [0.717, 1.165) is 32.1 Å². The molecule has 0 saturated heterocycles. The first-order valence-corrected chi connectivity index (χ1v) is 10.0.